The Labute approximate surface area is 200 Å². The number of benzene rings is 1. The number of nitrogens with one attached hydrogen (secondary N) is 1. The number of carbonyl (C=O) groups is 2. The van der Waals surface area contributed by atoms with Crippen LogP contribution in [0.2, 0.25) is 0 Å². The average molecular weight is 470 g/mol. The van der Waals surface area contributed by atoms with Gasteiger partial charge in [0, 0.05) is 18.2 Å². The maximum absolute atomic E-state index is 12.8. The van der Waals surface area contributed by atoms with E-state index in [9.17, 15) is 9.59 Å². The molecule has 3 heterocycles. The zero-order valence-corrected chi connectivity index (χ0v) is 20.3. The largest absolute Gasteiger partial charge is 0.444 e. The van der Waals surface area contributed by atoms with Gasteiger partial charge in [-0.2, -0.15) is 4.98 Å². The molecule has 2 saturated heterocycles. The first-order valence-corrected chi connectivity index (χ1v) is 12.2. The van der Waals surface area contributed by atoms with E-state index in [1.54, 1.807) is 12.1 Å². The molecule has 2 fully saturated rings. The van der Waals surface area contributed by atoms with E-state index in [0.717, 1.165) is 45.2 Å². The minimum atomic E-state index is -0.507. The summed E-state index contributed by atoms with van der Waals surface area (Å²) in [4.78, 5) is 33.8. The number of likely N-dealkylation sites (tertiary alicyclic amines) is 2. The summed E-state index contributed by atoms with van der Waals surface area (Å²) in [7, 11) is 0. The number of aromatic nitrogens is 2. The van der Waals surface area contributed by atoms with Crippen molar-refractivity contribution in [2.45, 2.75) is 83.6 Å². The van der Waals surface area contributed by atoms with Crippen LogP contribution in [0.15, 0.2) is 34.9 Å². The number of hydrogen-bond donors (Lipinski definition) is 1. The summed E-state index contributed by atoms with van der Waals surface area (Å²) in [6, 6.07) is 9.40. The second-order valence-corrected chi connectivity index (χ2v) is 10.1. The summed E-state index contributed by atoms with van der Waals surface area (Å²) in [6.07, 6.45) is 5.00. The van der Waals surface area contributed by atoms with Crippen LogP contribution in [-0.4, -0.2) is 62.7 Å². The molecule has 0 radical (unpaired) electrons. The lowest BCUT2D eigenvalue weighted by Crippen LogP contribution is -2.53. The molecule has 184 valence electrons. The van der Waals surface area contributed by atoms with Crippen molar-refractivity contribution in [1.82, 2.24) is 25.3 Å². The van der Waals surface area contributed by atoms with Crippen molar-refractivity contribution in [2.24, 2.45) is 0 Å². The van der Waals surface area contributed by atoms with Crippen LogP contribution in [0.5, 0.6) is 0 Å². The fourth-order valence-corrected chi connectivity index (χ4v) is 4.84. The fraction of sp³-hybridized carbons (Fsp3) is 0.600. The van der Waals surface area contributed by atoms with E-state index in [2.05, 4.69) is 20.4 Å². The molecule has 2 atom stereocenters. The highest BCUT2D eigenvalue weighted by molar-refractivity contribution is 5.93. The normalized spacial score (nSPS) is 21.4. The van der Waals surface area contributed by atoms with Gasteiger partial charge in [-0.25, -0.2) is 4.79 Å². The van der Waals surface area contributed by atoms with E-state index in [1.807, 2.05) is 43.9 Å². The first kappa shape index (κ1) is 24.2. The van der Waals surface area contributed by atoms with Crippen molar-refractivity contribution >= 4 is 12.0 Å². The lowest BCUT2D eigenvalue weighted by molar-refractivity contribution is 0.00513. The Morgan fingerprint density at radius 1 is 1.09 bits per heavy atom. The highest BCUT2D eigenvalue weighted by atomic mass is 16.6. The zero-order chi connectivity index (χ0) is 24.1. The van der Waals surface area contributed by atoms with Crippen LogP contribution < -0.4 is 5.32 Å². The maximum Gasteiger partial charge on any atom is 0.410 e. The number of ether oxygens (including phenoxy) is 1. The summed E-state index contributed by atoms with van der Waals surface area (Å²) in [6.45, 7) is 8.09. The van der Waals surface area contributed by atoms with Crippen molar-refractivity contribution in [3.63, 3.8) is 0 Å². The van der Waals surface area contributed by atoms with Crippen molar-refractivity contribution in [1.29, 1.82) is 0 Å². The Morgan fingerprint density at radius 2 is 1.85 bits per heavy atom. The molecule has 1 aromatic carbocycles. The predicted octanol–water partition coefficient (Wildman–Crippen LogP) is 3.75. The molecule has 2 aromatic rings. The molecular weight excluding hydrogens is 434 g/mol. The van der Waals surface area contributed by atoms with Gasteiger partial charge in [0.05, 0.1) is 19.1 Å². The number of rotatable bonds is 6. The van der Waals surface area contributed by atoms with E-state index in [1.165, 1.54) is 0 Å². The monoisotopic (exact) mass is 469 g/mol. The molecule has 1 N–H and O–H groups in total. The van der Waals surface area contributed by atoms with Gasteiger partial charge >= 0.3 is 6.09 Å². The van der Waals surface area contributed by atoms with Crippen LogP contribution in [0.4, 0.5) is 4.79 Å². The van der Waals surface area contributed by atoms with Crippen molar-refractivity contribution in [3.05, 3.63) is 47.6 Å². The third-order valence-electron chi connectivity index (χ3n) is 6.33. The van der Waals surface area contributed by atoms with Crippen molar-refractivity contribution < 1.29 is 18.8 Å². The molecule has 0 saturated carbocycles. The van der Waals surface area contributed by atoms with Gasteiger partial charge in [-0.3, -0.25) is 9.69 Å². The second kappa shape index (κ2) is 10.5. The predicted molar refractivity (Wildman–Crippen MR) is 126 cm³/mol. The van der Waals surface area contributed by atoms with E-state index in [0.29, 0.717) is 23.8 Å². The molecular formula is C25H35N5O4. The summed E-state index contributed by atoms with van der Waals surface area (Å²) < 4.78 is 11.2. The smallest absolute Gasteiger partial charge is 0.410 e. The highest BCUT2D eigenvalue weighted by Gasteiger charge is 2.40. The molecule has 2 unspecified atom stereocenters. The van der Waals surface area contributed by atoms with Gasteiger partial charge in [0.1, 0.15) is 5.60 Å². The van der Waals surface area contributed by atoms with Crippen LogP contribution in [0.25, 0.3) is 0 Å². The van der Waals surface area contributed by atoms with Gasteiger partial charge in [0.2, 0.25) is 5.89 Å². The standard InChI is InChI=1S/C25H35N5O4/c1-25(2,3)33-24(32)30-15-9-13-20(30)19-12-7-8-14-29(19)17-22-27-21(28-34-22)16-26-23(31)18-10-5-4-6-11-18/h4-6,10-11,19-20H,7-9,12-17H2,1-3H3,(H,26,31). The third-order valence-corrected chi connectivity index (χ3v) is 6.33. The van der Waals surface area contributed by atoms with Crippen molar-refractivity contribution in [3.8, 4) is 0 Å². The third kappa shape index (κ3) is 6.14. The topological polar surface area (TPSA) is 101 Å². The van der Waals surface area contributed by atoms with Gasteiger partial charge in [0.25, 0.3) is 5.91 Å². The van der Waals surface area contributed by atoms with E-state index in [-0.39, 0.29) is 30.6 Å². The fourth-order valence-electron chi connectivity index (χ4n) is 4.84. The Kier molecular flexibility index (Phi) is 7.50. The molecule has 4 rings (SSSR count). The number of piperidine rings is 1. The molecule has 0 bridgehead atoms. The van der Waals surface area contributed by atoms with Crippen molar-refractivity contribution in [2.75, 3.05) is 13.1 Å². The van der Waals surface area contributed by atoms with Crippen LogP contribution in [0.3, 0.4) is 0 Å². The number of hydrogen-bond acceptors (Lipinski definition) is 7. The molecule has 2 aliphatic rings. The molecule has 0 spiro atoms. The van der Waals surface area contributed by atoms with Gasteiger partial charge in [-0.1, -0.05) is 29.8 Å². The Bertz CT molecular complexity index is 971. The van der Waals surface area contributed by atoms with Crippen LogP contribution in [-0.2, 0) is 17.8 Å². The van der Waals surface area contributed by atoms with E-state index in [4.69, 9.17) is 9.26 Å². The summed E-state index contributed by atoms with van der Waals surface area (Å²) in [5.74, 6) is 0.799. The molecule has 34 heavy (non-hydrogen) atoms. The van der Waals surface area contributed by atoms with E-state index < -0.39 is 5.60 Å². The number of carbonyl (C=O) groups excluding carboxylic acids is 2. The average Bonchev–Trinajstić information content (AvgIpc) is 3.47. The minimum Gasteiger partial charge on any atom is -0.444 e. The number of amides is 2. The lowest BCUT2D eigenvalue weighted by Gasteiger charge is -2.41. The quantitative estimate of drug-likeness (QED) is 0.687. The summed E-state index contributed by atoms with van der Waals surface area (Å²) >= 11 is 0. The summed E-state index contributed by atoms with van der Waals surface area (Å²) in [5.41, 5.74) is 0.0838. The van der Waals surface area contributed by atoms with Gasteiger partial charge in [0.15, 0.2) is 5.82 Å². The van der Waals surface area contributed by atoms with Crippen LogP contribution in [0, 0.1) is 0 Å². The molecule has 2 amide bonds. The lowest BCUT2D eigenvalue weighted by atomic mass is 9.94. The van der Waals surface area contributed by atoms with Gasteiger partial charge in [-0.15, -0.1) is 0 Å². The van der Waals surface area contributed by atoms with Crippen LogP contribution in [0.1, 0.15) is 74.9 Å². The molecule has 2 aliphatic heterocycles. The maximum atomic E-state index is 12.8. The van der Waals surface area contributed by atoms with Gasteiger partial charge in [-0.05, 0) is 65.1 Å². The molecule has 9 nitrogen and oxygen atoms in total. The van der Waals surface area contributed by atoms with E-state index >= 15 is 0 Å². The zero-order valence-electron chi connectivity index (χ0n) is 20.3. The second-order valence-electron chi connectivity index (χ2n) is 10.1. The molecule has 1 aromatic heterocycles. The Balaban J connectivity index is 1.36. The molecule has 9 heteroatoms. The highest BCUT2D eigenvalue weighted by Crippen LogP contribution is 2.31. The first-order chi connectivity index (χ1) is 16.3. The van der Waals surface area contributed by atoms with Gasteiger partial charge < -0.3 is 19.5 Å². The first-order valence-electron chi connectivity index (χ1n) is 12.2. The SMILES string of the molecule is CC(C)(C)OC(=O)N1CCCC1C1CCCCN1Cc1nc(CNC(=O)c2ccccc2)no1. The Morgan fingerprint density at radius 3 is 2.62 bits per heavy atom. The number of nitrogens with zero attached hydrogens (tertiary/aromatic N) is 4. The summed E-state index contributed by atoms with van der Waals surface area (Å²) in [5, 5.41) is 6.87. The molecule has 0 aliphatic carbocycles. The Hall–Kier alpha value is -2.94. The minimum absolute atomic E-state index is 0.128. The van der Waals surface area contributed by atoms with Crippen LogP contribution >= 0.6 is 0 Å².